The lowest BCUT2D eigenvalue weighted by atomic mass is 9.76. The molecule has 0 unspecified atom stereocenters. The van der Waals surface area contributed by atoms with Crippen molar-refractivity contribution in [1.82, 2.24) is 0 Å². The number of aryl methyl sites for hydroxylation is 1. The number of benzene rings is 2. The van der Waals surface area contributed by atoms with Crippen molar-refractivity contribution < 1.29 is 0 Å². The van der Waals surface area contributed by atoms with Crippen molar-refractivity contribution >= 4 is 28.9 Å². The molecule has 0 saturated heterocycles. The number of halogens is 2. The third kappa shape index (κ3) is 2.15. The minimum absolute atomic E-state index is 0.221. The second-order valence-corrected chi connectivity index (χ2v) is 7.02. The summed E-state index contributed by atoms with van der Waals surface area (Å²) in [6.07, 6.45) is 5.72. The topological polar surface area (TPSA) is 12.0 Å². The summed E-state index contributed by atoms with van der Waals surface area (Å²) in [6.45, 7) is 2.16. The summed E-state index contributed by atoms with van der Waals surface area (Å²) >= 11 is 12.5. The minimum Gasteiger partial charge on any atom is -0.377 e. The molecule has 1 nitrogen and oxygen atoms in total. The summed E-state index contributed by atoms with van der Waals surface area (Å²) in [5.41, 5.74) is 5.08. The van der Waals surface area contributed by atoms with Gasteiger partial charge in [0.15, 0.2) is 0 Å². The van der Waals surface area contributed by atoms with Crippen LogP contribution < -0.4 is 5.32 Å². The molecular weight excluding hydrogens is 313 g/mol. The molecule has 0 spiro atoms. The molecule has 3 heteroatoms. The van der Waals surface area contributed by atoms with Gasteiger partial charge in [-0.2, -0.15) is 0 Å². The van der Waals surface area contributed by atoms with Gasteiger partial charge in [0, 0.05) is 21.7 Å². The quantitative estimate of drug-likeness (QED) is 0.620. The second-order valence-electron chi connectivity index (χ2n) is 6.18. The smallest absolute Gasteiger partial charge is 0.0568 e. The Kier molecular flexibility index (Phi) is 3.43. The molecule has 22 heavy (non-hydrogen) atoms. The van der Waals surface area contributed by atoms with Crippen molar-refractivity contribution in [2.45, 2.75) is 25.3 Å². The SMILES string of the molecule is Cc1cccc2c1N[C@@H](c1ccc(Cl)cc1Cl)[C@H]1CC=C[C@@H]21. The lowest BCUT2D eigenvalue weighted by Gasteiger charge is -2.38. The summed E-state index contributed by atoms with van der Waals surface area (Å²) in [5.74, 6) is 0.973. The monoisotopic (exact) mass is 329 g/mol. The minimum atomic E-state index is 0.221. The molecule has 0 fully saturated rings. The first-order valence-corrected chi connectivity index (χ1v) is 8.38. The van der Waals surface area contributed by atoms with E-state index in [0.29, 0.717) is 16.9 Å². The number of fused-ring (bicyclic) bond motifs is 3. The standard InChI is InChI=1S/C19H17Cl2N/c1-11-4-2-6-14-13-5-3-7-15(13)19(22-18(11)14)16-9-8-12(20)10-17(16)21/h2-6,8-10,13,15,19,22H,7H2,1H3/t13-,15-,19+/m0/s1. The molecule has 1 aliphatic heterocycles. The third-order valence-electron chi connectivity index (χ3n) is 4.90. The average molecular weight is 330 g/mol. The number of hydrogen-bond acceptors (Lipinski definition) is 1. The van der Waals surface area contributed by atoms with Gasteiger partial charge in [-0.25, -0.2) is 0 Å². The highest BCUT2D eigenvalue weighted by Gasteiger charge is 2.38. The van der Waals surface area contributed by atoms with Crippen molar-refractivity contribution in [2.24, 2.45) is 5.92 Å². The van der Waals surface area contributed by atoms with Gasteiger partial charge in [0.05, 0.1) is 6.04 Å². The molecule has 2 aromatic rings. The number of nitrogens with one attached hydrogen (secondary N) is 1. The maximum Gasteiger partial charge on any atom is 0.0568 e. The van der Waals surface area contributed by atoms with E-state index in [1.54, 1.807) is 0 Å². The van der Waals surface area contributed by atoms with Gasteiger partial charge in [-0.3, -0.25) is 0 Å². The first-order chi connectivity index (χ1) is 10.6. The largest absolute Gasteiger partial charge is 0.377 e. The van der Waals surface area contributed by atoms with Crippen molar-refractivity contribution in [3.63, 3.8) is 0 Å². The first-order valence-electron chi connectivity index (χ1n) is 7.63. The fourth-order valence-electron chi connectivity index (χ4n) is 3.84. The van der Waals surface area contributed by atoms with Gasteiger partial charge in [-0.15, -0.1) is 0 Å². The number of hydrogen-bond donors (Lipinski definition) is 1. The fourth-order valence-corrected chi connectivity index (χ4v) is 4.37. The zero-order chi connectivity index (χ0) is 15.3. The fraction of sp³-hybridized carbons (Fsp3) is 0.263. The van der Waals surface area contributed by atoms with Gasteiger partial charge in [0.1, 0.15) is 0 Å². The van der Waals surface area contributed by atoms with Crippen LogP contribution in [-0.2, 0) is 0 Å². The predicted octanol–water partition coefficient (Wildman–Crippen LogP) is 6.13. The van der Waals surface area contributed by atoms with Gasteiger partial charge < -0.3 is 5.32 Å². The van der Waals surface area contributed by atoms with E-state index in [4.69, 9.17) is 23.2 Å². The van der Waals surface area contributed by atoms with E-state index in [1.165, 1.54) is 16.8 Å². The average Bonchev–Trinajstić information content (AvgIpc) is 2.97. The lowest BCUT2D eigenvalue weighted by Crippen LogP contribution is -2.29. The van der Waals surface area contributed by atoms with Crippen LogP contribution in [0.1, 0.15) is 35.1 Å². The van der Waals surface area contributed by atoms with E-state index in [-0.39, 0.29) is 6.04 Å². The number of allylic oxidation sites excluding steroid dienone is 2. The Hall–Kier alpha value is -1.44. The van der Waals surface area contributed by atoms with E-state index in [0.717, 1.165) is 17.0 Å². The van der Waals surface area contributed by atoms with E-state index >= 15 is 0 Å². The molecule has 0 bridgehead atoms. The van der Waals surface area contributed by atoms with Crippen LogP contribution in [0.5, 0.6) is 0 Å². The first kappa shape index (κ1) is 14.2. The van der Waals surface area contributed by atoms with Crippen molar-refractivity contribution in [2.75, 3.05) is 5.32 Å². The van der Waals surface area contributed by atoms with Crippen molar-refractivity contribution in [3.8, 4) is 0 Å². The molecule has 0 saturated carbocycles. The summed E-state index contributed by atoms with van der Waals surface area (Å²) in [6, 6.07) is 12.6. The molecule has 0 amide bonds. The predicted molar refractivity (Wildman–Crippen MR) is 94.0 cm³/mol. The molecule has 1 N–H and O–H groups in total. The molecule has 2 aliphatic rings. The Balaban J connectivity index is 1.84. The van der Waals surface area contributed by atoms with E-state index in [9.17, 15) is 0 Å². The van der Waals surface area contributed by atoms with Gasteiger partial charge in [0.25, 0.3) is 0 Å². The Morgan fingerprint density at radius 3 is 2.77 bits per heavy atom. The number of rotatable bonds is 1. The molecule has 1 aliphatic carbocycles. The third-order valence-corrected chi connectivity index (χ3v) is 5.47. The van der Waals surface area contributed by atoms with Gasteiger partial charge in [0.2, 0.25) is 0 Å². The van der Waals surface area contributed by atoms with Crippen LogP contribution in [0.15, 0.2) is 48.6 Å². The molecule has 3 atom stereocenters. The maximum absolute atomic E-state index is 6.48. The molecule has 0 aromatic heterocycles. The Morgan fingerprint density at radius 1 is 1.09 bits per heavy atom. The highest BCUT2D eigenvalue weighted by atomic mass is 35.5. The van der Waals surface area contributed by atoms with Crippen LogP contribution in [0.25, 0.3) is 0 Å². The summed E-state index contributed by atoms with van der Waals surface area (Å²) in [5, 5.41) is 5.17. The van der Waals surface area contributed by atoms with Gasteiger partial charge in [-0.1, -0.05) is 59.6 Å². The van der Waals surface area contributed by atoms with Crippen LogP contribution in [0.3, 0.4) is 0 Å². The molecule has 2 aromatic carbocycles. The number of para-hydroxylation sites is 1. The summed E-state index contributed by atoms with van der Waals surface area (Å²) in [7, 11) is 0. The number of anilines is 1. The van der Waals surface area contributed by atoms with Crippen molar-refractivity contribution in [3.05, 3.63) is 75.3 Å². The van der Waals surface area contributed by atoms with Gasteiger partial charge >= 0.3 is 0 Å². The van der Waals surface area contributed by atoms with E-state index < -0.39 is 0 Å². The summed E-state index contributed by atoms with van der Waals surface area (Å²) < 4.78 is 0. The van der Waals surface area contributed by atoms with Crippen LogP contribution >= 0.6 is 23.2 Å². The molecule has 1 heterocycles. The van der Waals surface area contributed by atoms with E-state index in [1.807, 2.05) is 12.1 Å². The highest BCUT2D eigenvalue weighted by Crippen LogP contribution is 2.51. The van der Waals surface area contributed by atoms with Gasteiger partial charge in [-0.05, 0) is 48.1 Å². The summed E-state index contributed by atoms with van der Waals surface area (Å²) in [4.78, 5) is 0. The zero-order valence-electron chi connectivity index (χ0n) is 12.3. The zero-order valence-corrected chi connectivity index (χ0v) is 13.8. The maximum atomic E-state index is 6.48. The molecular formula is C19H17Cl2N. The molecule has 4 rings (SSSR count). The molecule has 112 valence electrons. The van der Waals surface area contributed by atoms with Crippen LogP contribution in [0.4, 0.5) is 5.69 Å². The van der Waals surface area contributed by atoms with Crippen LogP contribution in [-0.4, -0.2) is 0 Å². The van der Waals surface area contributed by atoms with Crippen LogP contribution in [0, 0.1) is 12.8 Å². The molecule has 0 radical (unpaired) electrons. The Bertz CT molecular complexity index is 766. The Labute approximate surface area is 140 Å². The van der Waals surface area contributed by atoms with E-state index in [2.05, 4.69) is 48.7 Å². The normalized spacial score (nSPS) is 25.5. The van der Waals surface area contributed by atoms with Crippen LogP contribution in [0.2, 0.25) is 10.0 Å². The Morgan fingerprint density at radius 2 is 1.95 bits per heavy atom. The second kappa shape index (κ2) is 5.33. The lowest BCUT2D eigenvalue weighted by molar-refractivity contribution is 0.425. The highest BCUT2D eigenvalue weighted by molar-refractivity contribution is 6.35. The van der Waals surface area contributed by atoms with Crippen molar-refractivity contribution in [1.29, 1.82) is 0 Å².